The minimum absolute atomic E-state index is 0.0955. The van der Waals surface area contributed by atoms with Crippen molar-refractivity contribution >= 4 is 29.4 Å². The van der Waals surface area contributed by atoms with Crippen molar-refractivity contribution in [2.75, 3.05) is 0 Å². The molecule has 1 aromatic carbocycles. The Hall–Kier alpha value is -2.14. The van der Waals surface area contributed by atoms with E-state index < -0.39 is 12.0 Å². The Kier molecular flexibility index (Phi) is 3.49. The molecule has 5 nitrogen and oxygen atoms in total. The third-order valence-electron chi connectivity index (χ3n) is 5.45. The quantitative estimate of drug-likeness (QED) is 0.672. The van der Waals surface area contributed by atoms with Crippen molar-refractivity contribution in [1.29, 1.82) is 0 Å². The van der Waals surface area contributed by atoms with E-state index in [1.165, 1.54) is 0 Å². The fourth-order valence-corrected chi connectivity index (χ4v) is 4.75. The highest BCUT2D eigenvalue weighted by molar-refractivity contribution is 6.31. The summed E-state index contributed by atoms with van der Waals surface area (Å²) in [5.74, 6) is -2.08. The Bertz CT molecular complexity index is 744. The number of fused-ring (bicyclic) bond motifs is 5. The van der Waals surface area contributed by atoms with Crippen LogP contribution in [0.3, 0.4) is 0 Å². The summed E-state index contributed by atoms with van der Waals surface area (Å²) >= 11 is 6.21. The van der Waals surface area contributed by atoms with Crippen LogP contribution in [0, 0.1) is 23.7 Å². The zero-order valence-corrected chi connectivity index (χ0v) is 13.5. The third kappa shape index (κ3) is 2.11. The van der Waals surface area contributed by atoms with Crippen LogP contribution in [-0.2, 0) is 14.4 Å². The average molecular weight is 346 g/mol. The number of carbonyl (C=O) groups excluding carboxylic acids is 2. The predicted molar refractivity (Wildman–Crippen MR) is 86.0 cm³/mol. The first-order valence-electron chi connectivity index (χ1n) is 8.00. The standard InChI is InChI=1S/C18H16ClNO4/c19-12-4-2-1-3-11(12)13(8-14(21)22)20-17(23)15-9-5-6-10(7-9)16(15)18(20)24/h1-6,9-10,13,15-16H,7-8H2,(H,21,22). The summed E-state index contributed by atoms with van der Waals surface area (Å²) in [6.45, 7) is 0. The highest BCUT2D eigenvalue weighted by Crippen LogP contribution is 2.54. The smallest absolute Gasteiger partial charge is 0.305 e. The summed E-state index contributed by atoms with van der Waals surface area (Å²) in [5.41, 5.74) is 0.503. The molecule has 1 aromatic rings. The highest BCUT2D eigenvalue weighted by atomic mass is 35.5. The van der Waals surface area contributed by atoms with Gasteiger partial charge in [-0.1, -0.05) is 42.0 Å². The third-order valence-corrected chi connectivity index (χ3v) is 5.79. The fourth-order valence-electron chi connectivity index (χ4n) is 4.48. The largest absolute Gasteiger partial charge is 0.481 e. The summed E-state index contributed by atoms with van der Waals surface area (Å²) < 4.78 is 0. The molecule has 1 saturated heterocycles. The molecule has 6 heteroatoms. The number of hydrogen-bond acceptors (Lipinski definition) is 3. The molecule has 2 bridgehead atoms. The molecule has 0 aromatic heterocycles. The summed E-state index contributed by atoms with van der Waals surface area (Å²) in [7, 11) is 0. The molecule has 0 radical (unpaired) electrons. The van der Waals surface area contributed by atoms with Gasteiger partial charge in [-0.2, -0.15) is 0 Å². The van der Waals surface area contributed by atoms with Gasteiger partial charge in [0, 0.05) is 5.02 Å². The van der Waals surface area contributed by atoms with Gasteiger partial charge in [-0.25, -0.2) is 0 Å². The number of carbonyl (C=O) groups is 3. The number of halogens is 1. The molecule has 3 aliphatic rings. The number of rotatable bonds is 4. The second-order valence-electron chi connectivity index (χ2n) is 6.68. The number of imide groups is 1. The van der Waals surface area contributed by atoms with Gasteiger partial charge >= 0.3 is 5.97 Å². The van der Waals surface area contributed by atoms with Crippen molar-refractivity contribution < 1.29 is 19.5 Å². The predicted octanol–water partition coefficient (Wildman–Crippen LogP) is 2.66. The minimum atomic E-state index is -1.07. The number of carboxylic acids is 1. The molecule has 1 N–H and O–H groups in total. The van der Waals surface area contributed by atoms with Crippen molar-refractivity contribution in [2.45, 2.75) is 18.9 Å². The molecule has 5 atom stereocenters. The molecule has 1 heterocycles. The number of hydrogen-bond donors (Lipinski definition) is 1. The molecule has 124 valence electrons. The van der Waals surface area contributed by atoms with Crippen LogP contribution in [0.25, 0.3) is 0 Å². The molecule has 0 spiro atoms. The number of carboxylic acid groups (broad SMARTS) is 1. The van der Waals surface area contributed by atoms with Gasteiger partial charge in [0.15, 0.2) is 0 Å². The van der Waals surface area contributed by atoms with Crippen LogP contribution >= 0.6 is 11.6 Å². The first-order chi connectivity index (χ1) is 11.5. The lowest BCUT2D eigenvalue weighted by Crippen LogP contribution is -2.37. The van der Waals surface area contributed by atoms with Gasteiger partial charge in [0.2, 0.25) is 11.8 Å². The number of benzene rings is 1. The van der Waals surface area contributed by atoms with Crippen LogP contribution in [0.2, 0.25) is 5.02 Å². The molecule has 1 aliphatic heterocycles. The van der Waals surface area contributed by atoms with Crippen molar-refractivity contribution in [1.82, 2.24) is 4.90 Å². The van der Waals surface area contributed by atoms with Crippen LogP contribution in [0.1, 0.15) is 24.4 Å². The van der Waals surface area contributed by atoms with E-state index >= 15 is 0 Å². The summed E-state index contributed by atoms with van der Waals surface area (Å²) in [4.78, 5) is 38.4. The lowest BCUT2D eigenvalue weighted by atomic mass is 9.85. The van der Waals surface area contributed by atoms with Gasteiger partial charge in [-0.15, -0.1) is 0 Å². The molecule has 2 fully saturated rings. The number of aliphatic carboxylic acids is 1. The Labute approximate surface area is 143 Å². The zero-order chi connectivity index (χ0) is 17.0. The van der Waals surface area contributed by atoms with E-state index in [1.54, 1.807) is 24.3 Å². The highest BCUT2D eigenvalue weighted by Gasteiger charge is 2.60. The first kappa shape index (κ1) is 15.4. The maximum atomic E-state index is 12.9. The van der Waals surface area contributed by atoms with E-state index in [4.69, 9.17) is 11.6 Å². The zero-order valence-electron chi connectivity index (χ0n) is 12.8. The fraction of sp³-hybridized carbons (Fsp3) is 0.389. The molecular weight excluding hydrogens is 330 g/mol. The minimum Gasteiger partial charge on any atom is -0.481 e. The molecule has 24 heavy (non-hydrogen) atoms. The molecule has 2 aliphatic carbocycles. The lowest BCUT2D eigenvalue weighted by molar-refractivity contribution is -0.146. The molecule has 2 amide bonds. The number of allylic oxidation sites excluding steroid dienone is 2. The summed E-state index contributed by atoms with van der Waals surface area (Å²) in [5, 5.41) is 9.65. The van der Waals surface area contributed by atoms with Crippen LogP contribution in [0.15, 0.2) is 36.4 Å². The Morgan fingerprint density at radius 2 is 1.75 bits per heavy atom. The summed E-state index contributed by atoms with van der Waals surface area (Å²) in [6, 6.07) is 5.92. The Balaban J connectivity index is 1.74. The number of amides is 2. The summed E-state index contributed by atoms with van der Waals surface area (Å²) in [6.07, 6.45) is 4.53. The van der Waals surface area contributed by atoms with Gasteiger partial charge in [0.25, 0.3) is 0 Å². The van der Waals surface area contributed by atoms with Gasteiger partial charge in [0.05, 0.1) is 24.3 Å². The van der Waals surface area contributed by atoms with Gasteiger partial charge < -0.3 is 5.11 Å². The Morgan fingerprint density at radius 1 is 1.17 bits per heavy atom. The van der Waals surface area contributed by atoms with Crippen LogP contribution in [0.5, 0.6) is 0 Å². The maximum Gasteiger partial charge on any atom is 0.305 e. The van der Waals surface area contributed by atoms with Crippen molar-refractivity contribution in [3.63, 3.8) is 0 Å². The van der Waals surface area contributed by atoms with Gasteiger partial charge in [-0.05, 0) is 29.9 Å². The SMILES string of the molecule is O=C(O)CC(c1ccccc1Cl)N1C(=O)C2C3C=CC(C3)C2C1=O. The van der Waals surface area contributed by atoms with Crippen LogP contribution < -0.4 is 0 Å². The molecular formula is C18H16ClNO4. The molecule has 5 unspecified atom stereocenters. The average Bonchev–Trinajstić information content (AvgIpc) is 3.20. The first-order valence-corrected chi connectivity index (χ1v) is 8.38. The monoisotopic (exact) mass is 345 g/mol. The van der Waals surface area contributed by atoms with Crippen molar-refractivity contribution in [3.05, 3.63) is 47.0 Å². The van der Waals surface area contributed by atoms with Crippen LogP contribution in [-0.4, -0.2) is 27.8 Å². The second kappa shape index (κ2) is 5.45. The van der Waals surface area contributed by atoms with E-state index in [2.05, 4.69) is 0 Å². The van der Waals surface area contributed by atoms with Gasteiger partial charge in [0.1, 0.15) is 0 Å². The lowest BCUT2D eigenvalue weighted by Gasteiger charge is -2.27. The topological polar surface area (TPSA) is 74.7 Å². The van der Waals surface area contributed by atoms with Crippen molar-refractivity contribution in [3.8, 4) is 0 Å². The maximum absolute atomic E-state index is 12.9. The van der Waals surface area contributed by atoms with E-state index in [0.29, 0.717) is 10.6 Å². The Morgan fingerprint density at radius 3 is 2.29 bits per heavy atom. The van der Waals surface area contributed by atoms with Crippen molar-refractivity contribution in [2.24, 2.45) is 23.7 Å². The normalized spacial score (nSPS) is 31.6. The van der Waals surface area contributed by atoms with Crippen LogP contribution in [0.4, 0.5) is 0 Å². The number of likely N-dealkylation sites (tertiary alicyclic amines) is 1. The van der Waals surface area contributed by atoms with E-state index in [-0.39, 0.29) is 41.9 Å². The molecule has 4 rings (SSSR count). The van der Waals surface area contributed by atoms with Gasteiger partial charge in [-0.3, -0.25) is 19.3 Å². The van der Waals surface area contributed by atoms with E-state index in [1.807, 2.05) is 12.2 Å². The van der Waals surface area contributed by atoms with E-state index in [0.717, 1.165) is 11.3 Å². The second-order valence-corrected chi connectivity index (χ2v) is 7.09. The van der Waals surface area contributed by atoms with E-state index in [9.17, 15) is 19.5 Å². The molecule has 1 saturated carbocycles. The number of nitrogens with zero attached hydrogens (tertiary/aromatic N) is 1.